The van der Waals surface area contributed by atoms with Crippen molar-refractivity contribution in [1.82, 2.24) is 5.32 Å². The van der Waals surface area contributed by atoms with Crippen molar-refractivity contribution in [2.75, 3.05) is 6.54 Å². The molecule has 0 aliphatic heterocycles. The Hall–Kier alpha value is -0.570. The lowest BCUT2D eigenvalue weighted by atomic mass is 9.80. The smallest absolute Gasteiger partial charge is 0.221 e. The Kier molecular flexibility index (Phi) is 3.76. The predicted molar refractivity (Wildman–Crippen MR) is 69.6 cm³/mol. The van der Waals surface area contributed by atoms with Crippen LogP contribution in [0.1, 0.15) is 64.7 Å². The van der Waals surface area contributed by atoms with Crippen LogP contribution in [0.5, 0.6) is 0 Å². The monoisotopic (exact) mass is 238 g/mol. The van der Waals surface area contributed by atoms with Gasteiger partial charge in [-0.25, -0.2) is 0 Å². The predicted octanol–water partition coefficient (Wildman–Crippen LogP) is 2.34. The van der Waals surface area contributed by atoms with Crippen molar-refractivity contribution >= 4 is 5.91 Å². The van der Waals surface area contributed by atoms with E-state index in [2.05, 4.69) is 12.2 Å². The summed E-state index contributed by atoms with van der Waals surface area (Å²) >= 11 is 0. The molecular weight excluding hydrogens is 212 g/mol. The molecule has 2 aliphatic rings. The molecule has 0 spiro atoms. The van der Waals surface area contributed by atoms with Gasteiger partial charge in [0, 0.05) is 18.5 Å². The van der Waals surface area contributed by atoms with Crippen LogP contribution in [0, 0.1) is 5.41 Å². The zero-order valence-electron chi connectivity index (χ0n) is 11.1. The molecule has 0 bridgehead atoms. The number of hydrogen-bond acceptors (Lipinski definition) is 2. The zero-order chi connectivity index (χ0) is 12.4. The van der Waals surface area contributed by atoms with E-state index in [1.54, 1.807) is 0 Å². The third-order valence-corrected chi connectivity index (χ3v) is 4.73. The van der Waals surface area contributed by atoms with Gasteiger partial charge in [0.25, 0.3) is 0 Å². The summed E-state index contributed by atoms with van der Waals surface area (Å²) < 4.78 is 0. The molecule has 17 heavy (non-hydrogen) atoms. The molecular formula is C14H26N2O. The van der Waals surface area contributed by atoms with Crippen LogP contribution in [0.3, 0.4) is 0 Å². The molecule has 0 saturated heterocycles. The highest BCUT2D eigenvalue weighted by molar-refractivity contribution is 5.77. The van der Waals surface area contributed by atoms with Crippen LogP contribution in [-0.4, -0.2) is 18.0 Å². The molecule has 98 valence electrons. The highest BCUT2D eigenvalue weighted by Crippen LogP contribution is 2.47. The summed E-state index contributed by atoms with van der Waals surface area (Å²) in [6, 6.07) is 0. The minimum absolute atomic E-state index is 0.161. The van der Waals surface area contributed by atoms with Crippen LogP contribution < -0.4 is 11.1 Å². The molecule has 2 aliphatic carbocycles. The molecule has 3 nitrogen and oxygen atoms in total. The molecule has 0 atom stereocenters. The Balaban J connectivity index is 1.73. The lowest BCUT2D eigenvalue weighted by molar-refractivity contribution is -0.122. The molecule has 0 radical (unpaired) electrons. The molecule has 2 saturated carbocycles. The van der Waals surface area contributed by atoms with Gasteiger partial charge in [-0.15, -0.1) is 0 Å². The van der Waals surface area contributed by atoms with Crippen molar-refractivity contribution in [1.29, 1.82) is 0 Å². The number of nitrogens with two attached hydrogens (primary N) is 1. The van der Waals surface area contributed by atoms with E-state index in [1.165, 1.54) is 38.5 Å². The zero-order valence-corrected chi connectivity index (χ0v) is 11.1. The van der Waals surface area contributed by atoms with E-state index < -0.39 is 0 Å². The second-order valence-electron chi connectivity index (χ2n) is 6.23. The highest BCUT2D eigenvalue weighted by atomic mass is 16.1. The Morgan fingerprint density at radius 2 is 1.82 bits per heavy atom. The van der Waals surface area contributed by atoms with Crippen molar-refractivity contribution in [3.8, 4) is 0 Å². The van der Waals surface area contributed by atoms with Gasteiger partial charge >= 0.3 is 0 Å². The van der Waals surface area contributed by atoms with E-state index in [0.29, 0.717) is 11.8 Å². The highest BCUT2D eigenvalue weighted by Gasteiger charge is 2.41. The minimum Gasteiger partial charge on any atom is -0.355 e. The van der Waals surface area contributed by atoms with Gasteiger partial charge in [-0.05, 0) is 37.5 Å². The van der Waals surface area contributed by atoms with Gasteiger partial charge in [0.05, 0.1) is 0 Å². The van der Waals surface area contributed by atoms with Crippen LogP contribution in [0.15, 0.2) is 0 Å². The first kappa shape index (κ1) is 12.9. The third-order valence-electron chi connectivity index (χ3n) is 4.73. The van der Waals surface area contributed by atoms with Crippen LogP contribution in [0.4, 0.5) is 0 Å². The quantitative estimate of drug-likeness (QED) is 0.772. The van der Waals surface area contributed by atoms with Crippen LogP contribution >= 0.6 is 0 Å². The minimum atomic E-state index is -0.217. The van der Waals surface area contributed by atoms with E-state index in [-0.39, 0.29) is 11.4 Å². The van der Waals surface area contributed by atoms with Crippen molar-refractivity contribution in [2.45, 2.75) is 70.3 Å². The van der Waals surface area contributed by atoms with Gasteiger partial charge in [0.1, 0.15) is 0 Å². The summed E-state index contributed by atoms with van der Waals surface area (Å²) in [5.74, 6) is 0.161. The molecule has 0 heterocycles. The van der Waals surface area contributed by atoms with E-state index in [4.69, 9.17) is 5.73 Å². The Morgan fingerprint density at radius 1 is 1.18 bits per heavy atom. The number of rotatable bonds is 5. The van der Waals surface area contributed by atoms with Gasteiger partial charge in [-0.1, -0.05) is 26.2 Å². The molecule has 3 N–H and O–H groups in total. The standard InChI is InChI=1S/C14H26N2O/c1-2-13(8-9-13)11-16-12(17)10-14(15)6-4-3-5-7-14/h2-11,15H2,1H3,(H,16,17). The van der Waals surface area contributed by atoms with E-state index in [9.17, 15) is 4.79 Å². The van der Waals surface area contributed by atoms with Gasteiger partial charge in [0.15, 0.2) is 0 Å². The molecule has 0 aromatic carbocycles. The SMILES string of the molecule is CCC1(CNC(=O)CC2(N)CCCCC2)CC1. The molecule has 2 fully saturated rings. The first-order chi connectivity index (χ1) is 8.08. The van der Waals surface area contributed by atoms with Gasteiger partial charge < -0.3 is 11.1 Å². The second-order valence-corrected chi connectivity index (χ2v) is 6.23. The number of carbonyl (C=O) groups is 1. The summed E-state index contributed by atoms with van der Waals surface area (Å²) in [5, 5.41) is 3.09. The second kappa shape index (κ2) is 4.97. The lowest BCUT2D eigenvalue weighted by Gasteiger charge is -2.33. The number of nitrogens with one attached hydrogen (secondary N) is 1. The fraction of sp³-hybridized carbons (Fsp3) is 0.929. The molecule has 0 aromatic rings. The van der Waals surface area contributed by atoms with Crippen molar-refractivity contribution in [2.24, 2.45) is 11.1 Å². The summed E-state index contributed by atoms with van der Waals surface area (Å²) in [4.78, 5) is 11.9. The summed E-state index contributed by atoms with van der Waals surface area (Å²) in [5.41, 5.74) is 6.50. The lowest BCUT2D eigenvalue weighted by Crippen LogP contribution is -2.46. The topological polar surface area (TPSA) is 55.1 Å². The van der Waals surface area contributed by atoms with Gasteiger partial charge in [-0.3, -0.25) is 4.79 Å². The van der Waals surface area contributed by atoms with Crippen molar-refractivity contribution in [3.05, 3.63) is 0 Å². The molecule has 1 amide bonds. The van der Waals surface area contributed by atoms with Gasteiger partial charge in [0.2, 0.25) is 5.91 Å². The molecule has 0 aromatic heterocycles. The average molecular weight is 238 g/mol. The van der Waals surface area contributed by atoms with E-state index in [1.807, 2.05) is 0 Å². The van der Waals surface area contributed by atoms with Crippen molar-refractivity contribution in [3.63, 3.8) is 0 Å². The number of carbonyl (C=O) groups excluding carboxylic acids is 1. The fourth-order valence-corrected chi connectivity index (χ4v) is 2.93. The number of hydrogen-bond donors (Lipinski definition) is 2. The molecule has 3 heteroatoms. The Labute approximate surface area is 105 Å². The molecule has 0 unspecified atom stereocenters. The summed E-state index contributed by atoms with van der Waals surface area (Å²) in [7, 11) is 0. The maximum absolute atomic E-state index is 11.9. The normalized spacial score (nSPS) is 25.3. The number of amides is 1. The first-order valence-corrected chi connectivity index (χ1v) is 7.13. The fourth-order valence-electron chi connectivity index (χ4n) is 2.93. The maximum atomic E-state index is 11.9. The Bertz CT molecular complexity index is 278. The Morgan fingerprint density at radius 3 is 2.35 bits per heavy atom. The van der Waals surface area contributed by atoms with Crippen molar-refractivity contribution < 1.29 is 4.79 Å². The average Bonchev–Trinajstić information content (AvgIpc) is 3.07. The summed E-state index contributed by atoms with van der Waals surface area (Å²) in [6.45, 7) is 3.07. The van der Waals surface area contributed by atoms with E-state index >= 15 is 0 Å². The maximum Gasteiger partial charge on any atom is 0.221 e. The van der Waals surface area contributed by atoms with Crippen LogP contribution in [0.25, 0.3) is 0 Å². The van der Waals surface area contributed by atoms with Crippen LogP contribution in [0.2, 0.25) is 0 Å². The molecule has 2 rings (SSSR count). The summed E-state index contributed by atoms with van der Waals surface area (Å²) in [6.07, 6.45) is 9.92. The van der Waals surface area contributed by atoms with E-state index in [0.717, 1.165) is 19.4 Å². The van der Waals surface area contributed by atoms with Gasteiger partial charge in [-0.2, -0.15) is 0 Å². The van der Waals surface area contributed by atoms with Crippen LogP contribution in [-0.2, 0) is 4.79 Å². The first-order valence-electron chi connectivity index (χ1n) is 7.13. The third kappa shape index (κ3) is 3.44. The largest absolute Gasteiger partial charge is 0.355 e.